The highest BCUT2D eigenvalue weighted by Gasteiger charge is 2.37. The molecule has 3 aromatic carbocycles. The van der Waals surface area contributed by atoms with Gasteiger partial charge in [-0.25, -0.2) is 8.78 Å². The van der Waals surface area contributed by atoms with Crippen LogP contribution in [0.15, 0.2) is 34.7 Å². The summed E-state index contributed by atoms with van der Waals surface area (Å²) in [4.78, 5) is 14.4. The largest absolute Gasteiger partial charge is 0.508 e. The molecule has 48 heavy (non-hydrogen) atoms. The van der Waals surface area contributed by atoms with Crippen molar-refractivity contribution in [1.82, 2.24) is 20.2 Å². The minimum atomic E-state index is -0.688. The quantitative estimate of drug-likeness (QED) is 0.234. The van der Waals surface area contributed by atoms with E-state index in [1.54, 1.807) is 6.92 Å². The molecule has 2 unspecified atom stereocenters. The van der Waals surface area contributed by atoms with Crippen molar-refractivity contribution < 1.29 is 27.8 Å². The molecule has 0 aliphatic carbocycles. The molecule has 2 bridgehead atoms. The van der Waals surface area contributed by atoms with Crippen LogP contribution in [0.3, 0.4) is 0 Å². The van der Waals surface area contributed by atoms with Crippen molar-refractivity contribution in [3.05, 3.63) is 53.3 Å². The zero-order valence-electron chi connectivity index (χ0n) is 26.6. The predicted octanol–water partition coefficient (Wildman–Crippen LogP) is 5.65. The number of aryl methyl sites for hydroxylation is 1. The van der Waals surface area contributed by atoms with Gasteiger partial charge in [0.15, 0.2) is 5.82 Å². The van der Waals surface area contributed by atoms with Gasteiger partial charge in [0.1, 0.15) is 40.9 Å². The van der Waals surface area contributed by atoms with Gasteiger partial charge in [-0.05, 0) is 62.3 Å². The van der Waals surface area contributed by atoms with Gasteiger partial charge in [0.05, 0.1) is 29.7 Å². The van der Waals surface area contributed by atoms with Crippen LogP contribution in [0.2, 0.25) is 0 Å². The highest BCUT2D eigenvalue weighted by atomic mass is 19.1. The predicted molar refractivity (Wildman–Crippen MR) is 178 cm³/mol. The molecule has 9 rings (SSSR count). The Morgan fingerprint density at radius 3 is 2.73 bits per heavy atom. The summed E-state index contributed by atoms with van der Waals surface area (Å²) in [5.74, 6) is 2.16. The Morgan fingerprint density at radius 1 is 1.08 bits per heavy atom. The molecule has 11 heteroatoms. The average molecular weight is 652 g/mol. The summed E-state index contributed by atoms with van der Waals surface area (Å²) in [5.41, 5.74) is 0.535. The number of aromatic nitrogens is 2. The fourth-order valence-electron chi connectivity index (χ4n) is 8.50. The number of nitrogens with zero attached hydrogens (tertiary/aromatic N) is 4. The minimum Gasteiger partial charge on any atom is -0.508 e. The lowest BCUT2D eigenvalue weighted by Crippen LogP contribution is -2.51. The summed E-state index contributed by atoms with van der Waals surface area (Å²) in [6.45, 7) is 5.86. The van der Waals surface area contributed by atoms with Gasteiger partial charge in [0.2, 0.25) is 0 Å². The number of nitrogens with one attached hydrogen (secondary N) is 1. The summed E-state index contributed by atoms with van der Waals surface area (Å²) in [6.07, 6.45) is 9.93. The number of morpholine rings is 1. The number of terminal acetylenes is 1. The van der Waals surface area contributed by atoms with E-state index in [-0.39, 0.29) is 45.6 Å². The van der Waals surface area contributed by atoms with Crippen molar-refractivity contribution in [2.75, 3.05) is 44.4 Å². The van der Waals surface area contributed by atoms with Crippen molar-refractivity contribution >= 4 is 38.5 Å². The molecule has 5 aromatic rings. The number of furan rings is 1. The molecule has 246 valence electrons. The first-order chi connectivity index (χ1) is 23.4. The summed E-state index contributed by atoms with van der Waals surface area (Å²) >= 11 is 0. The number of hydrogen-bond donors (Lipinski definition) is 2. The zero-order valence-corrected chi connectivity index (χ0v) is 26.6. The molecule has 4 aliphatic rings. The molecule has 0 spiro atoms. The molecule has 0 saturated carbocycles. The molecule has 6 heterocycles. The maximum atomic E-state index is 17.5. The molecular formula is C37H35F2N5O4. The third kappa shape index (κ3) is 4.69. The lowest BCUT2D eigenvalue weighted by Gasteiger charge is -2.35. The van der Waals surface area contributed by atoms with Gasteiger partial charge in [0.25, 0.3) is 0 Å². The highest BCUT2D eigenvalue weighted by molar-refractivity contribution is 6.18. The number of fused-ring (bicyclic) bond motifs is 7. The summed E-state index contributed by atoms with van der Waals surface area (Å²) < 4.78 is 50.8. The molecule has 4 fully saturated rings. The van der Waals surface area contributed by atoms with Gasteiger partial charge in [-0.2, -0.15) is 9.97 Å². The molecule has 0 amide bonds. The van der Waals surface area contributed by atoms with E-state index in [4.69, 9.17) is 30.3 Å². The van der Waals surface area contributed by atoms with Crippen molar-refractivity contribution in [3.8, 4) is 35.2 Å². The molecule has 4 saturated heterocycles. The van der Waals surface area contributed by atoms with Crippen LogP contribution in [0.1, 0.15) is 37.0 Å². The van der Waals surface area contributed by atoms with Crippen molar-refractivity contribution in [2.24, 2.45) is 0 Å². The van der Waals surface area contributed by atoms with Gasteiger partial charge < -0.3 is 29.2 Å². The Morgan fingerprint density at radius 2 is 1.92 bits per heavy atom. The molecule has 4 aliphatic heterocycles. The molecular weight excluding hydrogens is 616 g/mol. The lowest BCUT2D eigenvalue weighted by molar-refractivity contribution is -0.0101. The Hall–Kier alpha value is -4.50. The topological polar surface area (TPSA) is 96.1 Å². The van der Waals surface area contributed by atoms with Crippen LogP contribution in [0, 0.1) is 30.9 Å². The van der Waals surface area contributed by atoms with Crippen molar-refractivity contribution in [3.63, 3.8) is 0 Å². The monoisotopic (exact) mass is 651 g/mol. The lowest BCUT2D eigenvalue weighted by atomic mass is 9.91. The number of aromatic hydroxyl groups is 1. The first-order valence-electron chi connectivity index (χ1n) is 16.7. The second-order valence-corrected chi connectivity index (χ2v) is 13.6. The maximum Gasteiger partial charge on any atom is 0.319 e. The van der Waals surface area contributed by atoms with E-state index in [2.05, 4.69) is 21.0 Å². The standard InChI is InChI=1S/C37H35F2N5O4/c1-3-26-29(38)9-4-20-13-25(45)14-27(30(20)26)31-33(39)34-32(28-12-19(2)48-35(28)31)36(43-15-21-5-6-22(16-43)40-21)42-37(41-34)47-18-24-8-7-23-17-46-11-10-44(23)24/h1,4,9,12-14,21-24,40,45H,5-8,10-11,15-18H2,2H3/t21?,22?,23-,24-/m1/s1. The van der Waals surface area contributed by atoms with Crippen LogP contribution in [-0.2, 0) is 4.74 Å². The first-order valence-corrected chi connectivity index (χ1v) is 16.7. The van der Waals surface area contributed by atoms with E-state index >= 15 is 8.78 Å². The van der Waals surface area contributed by atoms with Gasteiger partial charge in [-0.1, -0.05) is 12.0 Å². The summed E-state index contributed by atoms with van der Waals surface area (Å²) in [5, 5.41) is 16.4. The first kappa shape index (κ1) is 29.6. The van der Waals surface area contributed by atoms with Gasteiger partial charge >= 0.3 is 6.01 Å². The third-order valence-electron chi connectivity index (χ3n) is 10.6. The average Bonchev–Trinajstić information content (AvgIpc) is 3.78. The SMILES string of the molecule is C#Cc1c(F)ccc2cc(O)cc(-c3c(F)c4nc(OC[C@H]5CC[C@@H]6COCCN65)nc(N5CC6CCC(C5)N6)c4c4cc(C)oc34)c12. The zero-order chi connectivity index (χ0) is 32.7. The fourth-order valence-corrected chi connectivity index (χ4v) is 8.50. The molecule has 4 atom stereocenters. The maximum absolute atomic E-state index is 17.5. The number of benzene rings is 3. The second-order valence-electron chi connectivity index (χ2n) is 13.6. The smallest absolute Gasteiger partial charge is 0.319 e. The van der Waals surface area contributed by atoms with Crippen LogP contribution >= 0.6 is 0 Å². The van der Waals surface area contributed by atoms with Gasteiger partial charge in [-0.3, -0.25) is 4.90 Å². The minimum absolute atomic E-state index is 0.0277. The number of halogens is 2. The molecule has 2 N–H and O–H groups in total. The number of rotatable bonds is 5. The molecule has 9 nitrogen and oxygen atoms in total. The summed E-state index contributed by atoms with van der Waals surface area (Å²) in [6, 6.07) is 8.77. The Kier molecular flexibility index (Phi) is 6.97. The fraction of sp³-hybridized carbons (Fsp3) is 0.405. The van der Waals surface area contributed by atoms with E-state index in [9.17, 15) is 5.11 Å². The summed E-state index contributed by atoms with van der Waals surface area (Å²) in [7, 11) is 0. The molecule has 0 radical (unpaired) electrons. The van der Waals surface area contributed by atoms with Crippen LogP contribution in [0.25, 0.3) is 43.8 Å². The Balaban J connectivity index is 1.27. The van der Waals surface area contributed by atoms with Crippen LogP contribution in [0.5, 0.6) is 11.8 Å². The van der Waals surface area contributed by atoms with E-state index in [1.807, 2.05) is 6.07 Å². The number of anilines is 1. The Bertz CT molecular complexity index is 2150. The number of piperazine rings is 1. The number of phenols is 1. The van der Waals surface area contributed by atoms with Gasteiger partial charge in [-0.15, -0.1) is 6.42 Å². The van der Waals surface area contributed by atoms with Crippen LogP contribution in [0.4, 0.5) is 14.6 Å². The van der Waals surface area contributed by atoms with E-state index in [0.717, 1.165) is 38.8 Å². The van der Waals surface area contributed by atoms with Crippen molar-refractivity contribution in [1.29, 1.82) is 0 Å². The van der Waals surface area contributed by atoms with E-state index in [0.29, 0.717) is 77.6 Å². The highest BCUT2D eigenvalue weighted by Crippen LogP contribution is 2.46. The number of phenolic OH excluding ortho intramolecular Hbond substituents is 1. The van der Waals surface area contributed by atoms with E-state index in [1.165, 1.54) is 24.3 Å². The number of hydrogen-bond acceptors (Lipinski definition) is 9. The van der Waals surface area contributed by atoms with E-state index < -0.39 is 11.6 Å². The van der Waals surface area contributed by atoms with Gasteiger partial charge in [0, 0.05) is 60.1 Å². The second kappa shape index (κ2) is 11.3. The Labute approximate surface area is 275 Å². The van der Waals surface area contributed by atoms with Crippen LogP contribution < -0.4 is 15.0 Å². The number of ether oxygens (including phenoxy) is 2. The normalized spacial score (nSPS) is 24.1. The van der Waals surface area contributed by atoms with Crippen molar-refractivity contribution in [2.45, 2.75) is 56.8 Å². The third-order valence-corrected chi connectivity index (χ3v) is 10.6. The van der Waals surface area contributed by atoms with Crippen LogP contribution in [-0.4, -0.2) is 83.6 Å². The molecule has 2 aromatic heterocycles.